The first-order valence-electron chi connectivity index (χ1n) is 7.40. The third-order valence-corrected chi connectivity index (χ3v) is 3.60. The Balaban J connectivity index is 1.77. The largest absolute Gasteiger partial charge is 0.488 e. The first-order chi connectivity index (χ1) is 11.2. The Morgan fingerprint density at radius 1 is 0.826 bits per heavy atom. The van der Waals surface area contributed by atoms with Crippen molar-refractivity contribution in [2.75, 3.05) is 0 Å². The molecular weight excluding hydrogens is 286 g/mol. The smallest absolute Gasteiger partial charge is 0.248 e. The molecule has 0 aliphatic carbocycles. The molecule has 23 heavy (non-hydrogen) atoms. The second-order valence-corrected chi connectivity index (χ2v) is 5.21. The predicted octanol–water partition coefficient (Wildman–Crippen LogP) is 4.03. The van der Waals surface area contributed by atoms with Gasteiger partial charge in [-0.15, -0.1) is 0 Å². The first kappa shape index (κ1) is 14.9. The number of hydrogen-bond acceptors (Lipinski definition) is 2. The van der Waals surface area contributed by atoms with E-state index in [0.717, 1.165) is 22.4 Å². The van der Waals surface area contributed by atoms with E-state index in [-0.39, 0.29) is 0 Å². The highest BCUT2D eigenvalue weighted by atomic mass is 16.5. The van der Waals surface area contributed by atoms with Crippen molar-refractivity contribution in [1.82, 2.24) is 0 Å². The molecule has 0 radical (unpaired) electrons. The van der Waals surface area contributed by atoms with E-state index in [2.05, 4.69) is 12.1 Å². The molecule has 0 unspecified atom stereocenters. The number of benzene rings is 3. The van der Waals surface area contributed by atoms with E-state index in [9.17, 15) is 4.79 Å². The Morgan fingerprint density at radius 3 is 2.17 bits per heavy atom. The van der Waals surface area contributed by atoms with Gasteiger partial charge in [0.1, 0.15) is 12.4 Å². The average molecular weight is 303 g/mol. The van der Waals surface area contributed by atoms with Gasteiger partial charge in [-0.3, -0.25) is 4.79 Å². The van der Waals surface area contributed by atoms with Gasteiger partial charge in [0.2, 0.25) is 5.91 Å². The van der Waals surface area contributed by atoms with Gasteiger partial charge in [-0.1, -0.05) is 60.7 Å². The second-order valence-electron chi connectivity index (χ2n) is 5.21. The van der Waals surface area contributed by atoms with Crippen LogP contribution in [-0.2, 0) is 6.61 Å². The maximum atomic E-state index is 11.1. The molecule has 0 fully saturated rings. The Kier molecular flexibility index (Phi) is 4.39. The number of hydrogen-bond donors (Lipinski definition) is 1. The van der Waals surface area contributed by atoms with Gasteiger partial charge in [0, 0.05) is 11.1 Å². The summed E-state index contributed by atoms with van der Waals surface area (Å²) in [5, 5.41) is 0. The van der Waals surface area contributed by atoms with Crippen LogP contribution >= 0.6 is 0 Å². The van der Waals surface area contributed by atoms with Gasteiger partial charge in [-0.25, -0.2) is 0 Å². The second kappa shape index (κ2) is 6.79. The van der Waals surface area contributed by atoms with Gasteiger partial charge in [-0.2, -0.15) is 0 Å². The van der Waals surface area contributed by atoms with Crippen LogP contribution in [0.15, 0.2) is 78.9 Å². The minimum atomic E-state index is -0.424. The summed E-state index contributed by atoms with van der Waals surface area (Å²) in [6.07, 6.45) is 0. The number of para-hydroxylation sites is 1. The number of nitrogens with two attached hydrogens (primary N) is 1. The van der Waals surface area contributed by atoms with E-state index in [1.807, 2.05) is 54.6 Å². The van der Waals surface area contributed by atoms with Crippen LogP contribution in [0, 0.1) is 0 Å². The molecule has 3 nitrogen and oxygen atoms in total. The zero-order valence-electron chi connectivity index (χ0n) is 12.6. The molecule has 3 aromatic rings. The summed E-state index contributed by atoms with van der Waals surface area (Å²) in [5.41, 5.74) is 8.90. The summed E-state index contributed by atoms with van der Waals surface area (Å²) in [6, 6.07) is 25.2. The topological polar surface area (TPSA) is 52.3 Å². The van der Waals surface area contributed by atoms with Crippen LogP contribution in [0.25, 0.3) is 11.1 Å². The van der Waals surface area contributed by atoms with Crippen molar-refractivity contribution in [1.29, 1.82) is 0 Å². The molecule has 0 bridgehead atoms. The number of carbonyl (C=O) groups excluding carboxylic acids is 1. The summed E-state index contributed by atoms with van der Waals surface area (Å²) in [5.74, 6) is 0.407. The third-order valence-electron chi connectivity index (χ3n) is 3.60. The molecule has 3 aromatic carbocycles. The van der Waals surface area contributed by atoms with E-state index >= 15 is 0 Å². The van der Waals surface area contributed by atoms with Crippen molar-refractivity contribution in [3.63, 3.8) is 0 Å². The molecule has 3 heteroatoms. The van der Waals surface area contributed by atoms with Crippen LogP contribution < -0.4 is 10.5 Å². The maximum Gasteiger partial charge on any atom is 0.248 e. The molecule has 0 heterocycles. The molecule has 1 amide bonds. The van der Waals surface area contributed by atoms with Crippen LogP contribution in [0.2, 0.25) is 0 Å². The first-order valence-corrected chi connectivity index (χ1v) is 7.40. The van der Waals surface area contributed by atoms with Crippen LogP contribution in [0.1, 0.15) is 15.9 Å². The van der Waals surface area contributed by atoms with E-state index in [1.54, 1.807) is 12.1 Å². The van der Waals surface area contributed by atoms with Crippen molar-refractivity contribution in [2.24, 2.45) is 5.73 Å². The number of ether oxygens (including phenoxy) is 1. The monoisotopic (exact) mass is 303 g/mol. The standard InChI is InChI=1S/C20H17NO2/c21-20(22)17-12-10-15(11-13-17)14-23-19-9-5-4-8-18(19)16-6-2-1-3-7-16/h1-13H,14H2,(H2,21,22). The summed E-state index contributed by atoms with van der Waals surface area (Å²) in [7, 11) is 0. The van der Waals surface area contributed by atoms with Crippen molar-refractivity contribution in [3.05, 3.63) is 90.0 Å². The van der Waals surface area contributed by atoms with E-state index in [1.165, 1.54) is 0 Å². The Hall–Kier alpha value is -3.07. The highest BCUT2D eigenvalue weighted by molar-refractivity contribution is 5.92. The summed E-state index contributed by atoms with van der Waals surface area (Å²) < 4.78 is 5.96. The molecule has 0 saturated heterocycles. The molecular formula is C20H17NO2. The van der Waals surface area contributed by atoms with Crippen molar-refractivity contribution in [2.45, 2.75) is 6.61 Å². The third kappa shape index (κ3) is 3.58. The SMILES string of the molecule is NC(=O)c1ccc(COc2ccccc2-c2ccccc2)cc1. The summed E-state index contributed by atoms with van der Waals surface area (Å²) >= 11 is 0. The molecule has 0 aromatic heterocycles. The fourth-order valence-electron chi connectivity index (χ4n) is 2.38. The lowest BCUT2D eigenvalue weighted by Crippen LogP contribution is -2.10. The maximum absolute atomic E-state index is 11.1. The van der Waals surface area contributed by atoms with Gasteiger partial charge in [0.25, 0.3) is 0 Å². The zero-order chi connectivity index (χ0) is 16.1. The lowest BCUT2D eigenvalue weighted by atomic mass is 10.0. The van der Waals surface area contributed by atoms with Crippen molar-refractivity contribution < 1.29 is 9.53 Å². The molecule has 114 valence electrons. The van der Waals surface area contributed by atoms with E-state index in [0.29, 0.717) is 12.2 Å². The normalized spacial score (nSPS) is 10.3. The number of primary amides is 1. The lowest BCUT2D eigenvalue weighted by molar-refractivity contribution is 0.1000. The average Bonchev–Trinajstić information content (AvgIpc) is 2.61. The molecule has 0 aliphatic heterocycles. The zero-order valence-corrected chi connectivity index (χ0v) is 12.6. The van der Waals surface area contributed by atoms with E-state index in [4.69, 9.17) is 10.5 Å². The predicted molar refractivity (Wildman–Crippen MR) is 91.2 cm³/mol. The van der Waals surface area contributed by atoms with Crippen LogP contribution in [-0.4, -0.2) is 5.91 Å². The highest BCUT2D eigenvalue weighted by Crippen LogP contribution is 2.30. The Bertz CT molecular complexity index is 795. The van der Waals surface area contributed by atoms with Crippen molar-refractivity contribution >= 4 is 5.91 Å². The highest BCUT2D eigenvalue weighted by Gasteiger charge is 2.06. The minimum Gasteiger partial charge on any atom is -0.488 e. The summed E-state index contributed by atoms with van der Waals surface area (Å²) in [4.78, 5) is 11.1. The summed E-state index contributed by atoms with van der Waals surface area (Å²) in [6.45, 7) is 0.433. The molecule has 0 atom stereocenters. The number of amides is 1. The van der Waals surface area contributed by atoms with Gasteiger partial charge in [0.05, 0.1) is 0 Å². The van der Waals surface area contributed by atoms with Crippen LogP contribution in [0.4, 0.5) is 0 Å². The molecule has 0 saturated carbocycles. The Labute approximate surface area is 135 Å². The molecule has 2 N–H and O–H groups in total. The minimum absolute atomic E-state index is 0.424. The molecule has 0 spiro atoms. The number of rotatable bonds is 5. The number of carbonyl (C=O) groups is 1. The molecule has 0 aliphatic rings. The fraction of sp³-hybridized carbons (Fsp3) is 0.0500. The van der Waals surface area contributed by atoms with Crippen LogP contribution in [0.3, 0.4) is 0 Å². The van der Waals surface area contributed by atoms with Crippen LogP contribution in [0.5, 0.6) is 5.75 Å². The quantitative estimate of drug-likeness (QED) is 0.773. The molecule has 3 rings (SSSR count). The van der Waals surface area contributed by atoms with Gasteiger partial charge in [-0.05, 0) is 29.3 Å². The lowest BCUT2D eigenvalue weighted by Gasteiger charge is -2.12. The van der Waals surface area contributed by atoms with E-state index < -0.39 is 5.91 Å². The van der Waals surface area contributed by atoms with Gasteiger partial charge in [0.15, 0.2) is 0 Å². The fourth-order valence-corrected chi connectivity index (χ4v) is 2.38. The van der Waals surface area contributed by atoms with Crippen molar-refractivity contribution in [3.8, 4) is 16.9 Å². The van der Waals surface area contributed by atoms with Gasteiger partial charge < -0.3 is 10.5 Å². The Morgan fingerprint density at radius 2 is 1.48 bits per heavy atom. The van der Waals surface area contributed by atoms with Gasteiger partial charge >= 0.3 is 0 Å².